The molecular weight excluding hydrogens is 454 g/mol. The van der Waals surface area contributed by atoms with Crippen molar-refractivity contribution in [2.45, 2.75) is 11.5 Å². The number of carbonyl (C=O) groups excluding carboxylic acids is 1. The van der Waals surface area contributed by atoms with Crippen LogP contribution in [0.2, 0.25) is 0 Å². The van der Waals surface area contributed by atoms with Crippen molar-refractivity contribution in [1.29, 1.82) is 0 Å². The maximum absolute atomic E-state index is 12.9. The lowest BCUT2D eigenvalue weighted by Gasteiger charge is -2.31. The number of thiophene rings is 1. The third-order valence-corrected chi connectivity index (χ3v) is 7.83. The molecular formula is C25H21N3O3S2. The Kier molecular flexibility index (Phi) is 5.32. The highest BCUT2D eigenvalue weighted by Gasteiger charge is 2.38. The van der Waals surface area contributed by atoms with Gasteiger partial charge in [0, 0.05) is 11.8 Å². The number of benzene rings is 2. The van der Waals surface area contributed by atoms with Gasteiger partial charge in [-0.05, 0) is 35.7 Å². The molecule has 1 fully saturated rings. The summed E-state index contributed by atoms with van der Waals surface area (Å²) in [5.41, 5.74) is 2.94. The van der Waals surface area contributed by atoms with Crippen molar-refractivity contribution in [3.8, 4) is 27.8 Å². The molecule has 6 rings (SSSR count). The summed E-state index contributed by atoms with van der Waals surface area (Å²) < 4.78 is 13.9. The minimum absolute atomic E-state index is 0.108. The maximum atomic E-state index is 12.9. The monoisotopic (exact) mass is 475 g/mol. The van der Waals surface area contributed by atoms with Crippen molar-refractivity contribution < 1.29 is 14.3 Å². The van der Waals surface area contributed by atoms with Crippen LogP contribution in [0.15, 0.2) is 78.3 Å². The highest BCUT2D eigenvalue weighted by molar-refractivity contribution is 8.00. The highest BCUT2D eigenvalue weighted by atomic mass is 32.2. The van der Waals surface area contributed by atoms with E-state index in [1.807, 2.05) is 70.2 Å². The Morgan fingerprint density at radius 2 is 1.82 bits per heavy atom. The molecule has 1 saturated heterocycles. The molecule has 166 valence electrons. The standard InChI is InChI=1S/C25H21N3O3S2/c29-23-16-33-25(27(23)13-18-15-30-20-9-4-5-10-21(20)31-18)19-14-28(17-7-2-1-3-8-17)26-24(19)22-11-6-12-32-22/h1-12,14,18,25H,13,15-16H2/t18-,25+/m0/s1. The highest BCUT2D eigenvalue weighted by Crippen LogP contribution is 2.44. The van der Waals surface area contributed by atoms with E-state index in [2.05, 4.69) is 17.6 Å². The Bertz CT molecular complexity index is 1270. The normalized spacial score (nSPS) is 19.8. The zero-order valence-electron chi connectivity index (χ0n) is 17.7. The van der Waals surface area contributed by atoms with Crippen molar-refractivity contribution in [3.05, 3.63) is 83.9 Å². The molecule has 2 aromatic heterocycles. The largest absolute Gasteiger partial charge is 0.486 e. The van der Waals surface area contributed by atoms with Crippen LogP contribution in [0, 0.1) is 0 Å². The second kappa shape index (κ2) is 8.61. The lowest BCUT2D eigenvalue weighted by molar-refractivity contribution is -0.129. The fraction of sp³-hybridized carbons (Fsp3) is 0.200. The van der Waals surface area contributed by atoms with Crippen LogP contribution in [0.4, 0.5) is 0 Å². The first-order chi connectivity index (χ1) is 16.3. The van der Waals surface area contributed by atoms with Crippen molar-refractivity contribution in [3.63, 3.8) is 0 Å². The number of hydrogen-bond acceptors (Lipinski definition) is 6. The van der Waals surface area contributed by atoms with E-state index < -0.39 is 0 Å². The van der Waals surface area contributed by atoms with Crippen molar-refractivity contribution >= 4 is 29.0 Å². The maximum Gasteiger partial charge on any atom is 0.233 e. The Balaban J connectivity index is 1.32. The number of nitrogens with zero attached hydrogens (tertiary/aromatic N) is 3. The van der Waals surface area contributed by atoms with Gasteiger partial charge in [0.25, 0.3) is 0 Å². The van der Waals surface area contributed by atoms with Crippen LogP contribution in [0.3, 0.4) is 0 Å². The molecule has 8 heteroatoms. The molecule has 0 N–H and O–H groups in total. The summed E-state index contributed by atoms with van der Waals surface area (Å²) in [4.78, 5) is 15.9. The van der Waals surface area contributed by atoms with Crippen LogP contribution in [0.25, 0.3) is 16.3 Å². The summed E-state index contributed by atoms with van der Waals surface area (Å²) in [5, 5.41) is 6.84. The fourth-order valence-electron chi connectivity index (χ4n) is 4.17. The molecule has 4 heterocycles. The number of thioether (sulfide) groups is 1. The third kappa shape index (κ3) is 3.89. The molecule has 2 aliphatic heterocycles. The second-order valence-corrected chi connectivity index (χ2v) is 9.91. The Morgan fingerprint density at radius 3 is 2.64 bits per heavy atom. The summed E-state index contributed by atoms with van der Waals surface area (Å²) >= 11 is 3.29. The van der Waals surface area contributed by atoms with Crippen molar-refractivity contribution in [2.24, 2.45) is 0 Å². The molecule has 0 spiro atoms. The third-order valence-electron chi connectivity index (χ3n) is 5.72. The number of hydrogen-bond donors (Lipinski definition) is 0. The molecule has 2 aromatic carbocycles. The first-order valence-electron chi connectivity index (χ1n) is 10.7. The second-order valence-electron chi connectivity index (χ2n) is 7.90. The van der Waals surface area contributed by atoms with Crippen LogP contribution in [0.5, 0.6) is 11.5 Å². The number of carbonyl (C=O) groups is 1. The number of ether oxygens (including phenoxy) is 2. The predicted octanol–water partition coefficient (Wildman–Crippen LogP) is 5.01. The van der Waals surface area contributed by atoms with Crippen molar-refractivity contribution in [1.82, 2.24) is 14.7 Å². The van der Waals surface area contributed by atoms with E-state index in [4.69, 9.17) is 14.6 Å². The molecule has 0 bridgehead atoms. The average molecular weight is 476 g/mol. The van der Waals surface area contributed by atoms with Crippen molar-refractivity contribution in [2.75, 3.05) is 18.9 Å². The van der Waals surface area contributed by atoms with Gasteiger partial charge in [0.05, 0.1) is 22.9 Å². The van der Waals surface area contributed by atoms with E-state index in [-0.39, 0.29) is 17.4 Å². The van der Waals surface area contributed by atoms with Gasteiger partial charge in [0.2, 0.25) is 5.91 Å². The molecule has 0 radical (unpaired) electrons. The topological polar surface area (TPSA) is 56.6 Å². The first-order valence-corrected chi connectivity index (χ1v) is 12.7. The zero-order chi connectivity index (χ0) is 22.2. The summed E-state index contributed by atoms with van der Waals surface area (Å²) in [6.45, 7) is 0.879. The van der Waals surface area contributed by atoms with E-state index in [9.17, 15) is 4.79 Å². The quantitative estimate of drug-likeness (QED) is 0.406. The van der Waals surface area contributed by atoms with E-state index in [0.29, 0.717) is 18.9 Å². The Morgan fingerprint density at radius 1 is 1.00 bits per heavy atom. The molecule has 1 amide bonds. The number of fused-ring (bicyclic) bond motifs is 1. The number of para-hydroxylation sites is 3. The average Bonchev–Trinajstić information content (AvgIpc) is 3.60. The lowest BCUT2D eigenvalue weighted by atomic mass is 10.2. The van der Waals surface area contributed by atoms with E-state index >= 15 is 0 Å². The summed E-state index contributed by atoms with van der Waals surface area (Å²) in [5.74, 6) is 2.02. The first kappa shape index (κ1) is 20.4. The van der Waals surface area contributed by atoms with Crippen LogP contribution >= 0.6 is 23.1 Å². The molecule has 2 atom stereocenters. The van der Waals surface area contributed by atoms with Gasteiger partial charge in [-0.2, -0.15) is 5.10 Å². The van der Waals surface area contributed by atoms with Gasteiger partial charge in [0.1, 0.15) is 17.7 Å². The number of aromatic nitrogens is 2. The van der Waals surface area contributed by atoms with Gasteiger partial charge in [-0.1, -0.05) is 36.4 Å². The molecule has 0 aliphatic carbocycles. The fourth-order valence-corrected chi connectivity index (χ4v) is 6.10. The predicted molar refractivity (Wildman–Crippen MR) is 130 cm³/mol. The smallest absolute Gasteiger partial charge is 0.233 e. The van der Waals surface area contributed by atoms with Gasteiger partial charge in [-0.15, -0.1) is 23.1 Å². The van der Waals surface area contributed by atoms with E-state index in [0.717, 1.165) is 33.3 Å². The van der Waals surface area contributed by atoms with Gasteiger partial charge in [-0.3, -0.25) is 4.79 Å². The minimum Gasteiger partial charge on any atom is -0.486 e. The van der Waals surface area contributed by atoms with E-state index in [1.165, 1.54) is 0 Å². The van der Waals surface area contributed by atoms with E-state index in [1.54, 1.807) is 23.1 Å². The number of amides is 1. The molecule has 2 aliphatic rings. The van der Waals surface area contributed by atoms with Crippen LogP contribution in [-0.4, -0.2) is 45.6 Å². The van der Waals surface area contributed by atoms with Crippen LogP contribution < -0.4 is 9.47 Å². The molecule has 0 saturated carbocycles. The van der Waals surface area contributed by atoms with Crippen LogP contribution in [-0.2, 0) is 4.79 Å². The zero-order valence-corrected chi connectivity index (χ0v) is 19.3. The van der Waals surface area contributed by atoms with Gasteiger partial charge in [-0.25, -0.2) is 4.68 Å². The lowest BCUT2D eigenvalue weighted by Crippen LogP contribution is -2.42. The van der Waals surface area contributed by atoms with Gasteiger partial charge >= 0.3 is 0 Å². The van der Waals surface area contributed by atoms with Gasteiger partial charge < -0.3 is 14.4 Å². The Hall–Kier alpha value is -3.23. The van der Waals surface area contributed by atoms with Crippen LogP contribution in [0.1, 0.15) is 10.9 Å². The Labute approximate surface area is 199 Å². The van der Waals surface area contributed by atoms with Gasteiger partial charge in [0.15, 0.2) is 17.6 Å². The summed E-state index contributed by atoms with van der Waals surface area (Å²) in [6, 6.07) is 21.8. The molecule has 4 aromatic rings. The summed E-state index contributed by atoms with van der Waals surface area (Å²) in [6.07, 6.45) is 1.83. The molecule has 33 heavy (non-hydrogen) atoms. The summed E-state index contributed by atoms with van der Waals surface area (Å²) in [7, 11) is 0. The molecule has 0 unspecified atom stereocenters. The SMILES string of the molecule is O=C1CS[C@H](c2cn(-c3ccccc3)nc2-c2cccs2)N1C[C@H]1COc2ccccc2O1. The minimum atomic E-state index is -0.223. The molecule has 6 nitrogen and oxygen atoms in total. The number of rotatable bonds is 5.